The molecule has 0 N–H and O–H groups in total. The van der Waals surface area contributed by atoms with E-state index in [1.165, 1.54) is 6.07 Å². The number of fused-ring (bicyclic) bond motifs is 1. The van der Waals surface area contributed by atoms with Crippen LogP contribution in [0.4, 0.5) is 29.5 Å². The molecule has 1 aromatic heterocycles. The van der Waals surface area contributed by atoms with Crippen molar-refractivity contribution in [2.24, 2.45) is 0 Å². The lowest BCUT2D eigenvalue weighted by atomic mass is 10.1. The van der Waals surface area contributed by atoms with Crippen molar-refractivity contribution in [2.45, 2.75) is 45.1 Å². The Kier molecular flexibility index (Phi) is 4.90. The van der Waals surface area contributed by atoms with E-state index in [9.17, 15) is 18.0 Å². The van der Waals surface area contributed by atoms with E-state index in [1.54, 1.807) is 15.9 Å². The fourth-order valence-electron chi connectivity index (χ4n) is 4.43. The van der Waals surface area contributed by atoms with Crippen LogP contribution >= 0.6 is 0 Å². The highest BCUT2D eigenvalue weighted by atomic mass is 19.4. The number of rotatable bonds is 3. The molecule has 3 aliphatic heterocycles. The number of ether oxygens (including phenoxy) is 1. The second-order valence-corrected chi connectivity index (χ2v) is 8.56. The summed E-state index contributed by atoms with van der Waals surface area (Å²) in [5.74, 6) is 1.59. The standard InChI is InChI=1S/C22H24F3N5O2/c1-13-19-18(26-14(2)27-20(19)28-7-4-8-28)12-30(13)21(31)32-17-10-29(11-17)16-6-3-5-15(9-16)22(23,24)25/h3,5-6,9,13,17H,4,7-8,10-12H2,1-2H3. The predicted molar refractivity (Wildman–Crippen MR) is 111 cm³/mol. The quantitative estimate of drug-likeness (QED) is 0.711. The van der Waals surface area contributed by atoms with Crippen molar-refractivity contribution < 1.29 is 22.7 Å². The Balaban J connectivity index is 1.22. The third-order valence-electron chi connectivity index (χ3n) is 6.37. The van der Waals surface area contributed by atoms with Crippen molar-refractivity contribution in [1.82, 2.24) is 14.9 Å². The van der Waals surface area contributed by atoms with Gasteiger partial charge in [-0.25, -0.2) is 14.8 Å². The summed E-state index contributed by atoms with van der Waals surface area (Å²) < 4.78 is 44.5. The average molecular weight is 447 g/mol. The molecule has 2 saturated heterocycles. The molecule has 7 nitrogen and oxygen atoms in total. The maximum absolute atomic E-state index is 12.9. The summed E-state index contributed by atoms with van der Waals surface area (Å²) >= 11 is 0. The highest BCUT2D eigenvalue weighted by Gasteiger charge is 2.40. The summed E-state index contributed by atoms with van der Waals surface area (Å²) in [5.41, 5.74) is 1.61. The smallest absolute Gasteiger partial charge is 0.416 e. The summed E-state index contributed by atoms with van der Waals surface area (Å²) in [6.07, 6.45) is -4.06. The molecule has 10 heteroatoms. The second-order valence-electron chi connectivity index (χ2n) is 8.56. The van der Waals surface area contributed by atoms with E-state index in [4.69, 9.17) is 4.74 Å². The van der Waals surface area contributed by atoms with Gasteiger partial charge in [0.1, 0.15) is 17.7 Å². The third kappa shape index (κ3) is 3.61. The molecule has 1 amide bonds. The third-order valence-corrected chi connectivity index (χ3v) is 6.37. The van der Waals surface area contributed by atoms with Crippen molar-refractivity contribution >= 4 is 17.6 Å². The predicted octanol–water partition coefficient (Wildman–Crippen LogP) is 3.92. The molecule has 0 radical (unpaired) electrons. The first-order valence-corrected chi connectivity index (χ1v) is 10.7. The van der Waals surface area contributed by atoms with Gasteiger partial charge in [0.2, 0.25) is 0 Å². The highest BCUT2D eigenvalue weighted by Crippen LogP contribution is 2.40. The average Bonchev–Trinajstić information content (AvgIpc) is 2.98. The van der Waals surface area contributed by atoms with E-state index in [1.807, 2.05) is 13.8 Å². The van der Waals surface area contributed by atoms with Gasteiger partial charge in [0.05, 0.1) is 36.9 Å². The molecule has 2 fully saturated rings. The van der Waals surface area contributed by atoms with Gasteiger partial charge in [-0.1, -0.05) is 6.07 Å². The maximum atomic E-state index is 12.9. The molecule has 32 heavy (non-hydrogen) atoms. The van der Waals surface area contributed by atoms with Gasteiger partial charge in [-0.3, -0.25) is 4.90 Å². The summed E-state index contributed by atoms with van der Waals surface area (Å²) in [6.45, 7) is 6.79. The van der Waals surface area contributed by atoms with Crippen LogP contribution in [0.3, 0.4) is 0 Å². The summed E-state index contributed by atoms with van der Waals surface area (Å²) in [6, 6.07) is 4.99. The van der Waals surface area contributed by atoms with Gasteiger partial charge in [-0.2, -0.15) is 13.2 Å². The second kappa shape index (κ2) is 7.53. The molecule has 1 aromatic carbocycles. The topological polar surface area (TPSA) is 61.8 Å². The lowest BCUT2D eigenvalue weighted by molar-refractivity contribution is -0.137. The number of alkyl halides is 3. The number of hydrogen-bond donors (Lipinski definition) is 0. The number of aromatic nitrogens is 2. The number of amides is 1. The van der Waals surface area contributed by atoms with Gasteiger partial charge in [-0.05, 0) is 38.5 Å². The van der Waals surface area contributed by atoms with Crippen LogP contribution in [0.25, 0.3) is 0 Å². The van der Waals surface area contributed by atoms with Crippen molar-refractivity contribution in [2.75, 3.05) is 36.0 Å². The Morgan fingerprint density at radius 3 is 2.56 bits per heavy atom. The molecule has 170 valence electrons. The normalized spacial score (nSPS) is 20.7. The molecule has 3 aliphatic rings. The van der Waals surface area contributed by atoms with Crippen LogP contribution in [0.5, 0.6) is 0 Å². The number of carbonyl (C=O) groups excluding carboxylic acids is 1. The minimum absolute atomic E-state index is 0.201. The zero-order valence-corrected chi connectivity index (χ0v) is 17.9. The molecule has 0 bridgehead atoms. The van der Waals surface area contributed by atoms with E-state index in [-0.39, 0.29) is 12.1 Å². The number of halogens is 3. The van der Waals surface area contributed by atoms with Crippen molar-refractivity contribution in [3.05, 3.63) is 46.9 Å². The van der Waals surface area contributed by atoms with Gasteiger partial charge >= 0.3 is 12.3 Å². The van der Waals surface area contributed by atoms with E-state index in [0.717, 1.165) is 48.7 Å². The van der Waals surface area contributed by atoms with Crippen molar-refractivity contribution in [1.29, 1.82) is 0 Å². The fourth-order valence-corrected chi connectivity index (χ4v) is 4.43. The van der Waals surface area contributed by atoms with Crippen LogP contribution in [0.1, 0.15) is 42.0 Å². The van der Waals surface area contributed by atoms with Crippen LogP contribution in [0.15, 0.2) is 24.3 Å². The molecule has 5 rings (SSSR count). The van der Waals surface area contributed by atoms with Gasteiger partial charge in [0, 0.05) is 24.3 Å². The summed E-state index contributed by atoms with van der Waals surface area (Å²) in [5, 5.41) is 0. The number of carbonyl (C=O) groups is 1. The molecule has 2 aromatic rings. The highest BCUT2D eigenvalue weighted by molar-refractivity contribution is 5.71. The minimum atomic E-state index is -4.39. The molecular formula is C22H24F3N5O2. The number of nitrogens with zero attached hydrogens (tertiary/aromatic N) is 5. The molecular weight excluding hydrogens is 423 g/mol. The Morgan fingerprint density at radius 1 is 1.16 bits per heavy atom. The van der Waals surface area contributed by atoms with E-state index >= 15 is 0 Å². The van der Waals surface area contributed by atoms with E-state index in [0.29, 0.717) is 31.1 Å². The number of benzene rings is 1. The van der Waals surface area contributed by atoms with Crippen LogP contribution in [0, 0.1) is 6.92 Å². The monoisotopic (exact) mass is 447 g/mol. The molecule has 0 spiro atoms. The summed E-state index contributed by atoms with van der Waals surface area (Å²) in [7, 11) is 0. The first-order valence-electron chi connectivity index (χ1n) is 10.7. The van der Waals surface area contributed by atoms with Crippen LogP contribution in [-0.2, 0) is 17.5 Å². The van der Waals surface area contributed by atoms with Crippen molar-refractivity contribution in [3.63, 3.8) is 0 Å². The SMILES string of the molecule is Cc1nc2c(c(N3CCC3)n1)C(C)N(C(=O)OC1CN(c3cccc(C(F)(F)F)c3)C1)C2. The Morgan fingerprint density at radius 2 is 1.91 bits per heavy atom. The Bertz CT molecular complexity index is 1050. The first kappa shape index (κ1) is 20.8. The fraction of sp³-hybridized carbons (Fsp3) is 0.500. The lowest BCUT2D eigenvalue weighted by Gasteiger charge is -2.41. The van der Waals surface area contributed by atoms with Gasteiger partial charge in [-0.15, -0.1) is 0 Å². The number of anilines is 2. The van der Waals surface area contributed by atoms with E-state index < -0.39 is 17.8 Å². The largest absolute Gasteiger partial charge is 0.442 e. The van der Waals surface area contributed by atoms with Crippen LogP contribution in [0.2, 0.25) is 0 Å². The van der Waals surface area contributed by atoms with Gasteiger partial charge in [0.25, 0.3) is 0 Å². The lowest BCUT2D eigenvalue weighted by Crippen LogP contribution is -2.54. The Labute approximate surface area is 183 Å². The molecule has 0 saturated carbocycles. The van der Waals surface area contributed by atoms with Gasteiger partial charge < -0.3 is 14.5 Å². The number of hydrogen-bond acceptors (Lipinski definition) is 6. The maximum Gasteiger partial charge on any atom is 0.416 e. The molecule has 1 atom stereocenters. The van der Waals surface area contributed by atoms with Crippen molar-refractivity contribution in [3.8, 4) is 0 Å². The molecule has 0 aliphatic carbocycles. The van der Waals surface area contributed by atoms with Crippen LogP contribution in [-0.4, -0.2) is 53.2 Å². The molecule has 4 heterocycles. The van der Waals surface area contributed by atoms with Gasteiger partial charge in [0.15, 0.2) is 0 Å². The van der Waals surface area contributed by atoms with Crippen LogP contribution < -0.4 is 9.80 Å². The number of aryl methyl sites for hydroxylation is 1. The summed E-state index contributed by atoms with van der Waals surface area (Å²) in [4.78, 5) is 27.7. The molecule has 1 unspecified atom stereocenters. The Hall–Kier alpha value is -3.04. The zero-order chi connectivity index (χ0) is 22.6. The minimum Gasteiger partial charge on any atom is -0.442 e. The zero-order valence-electron chi connectivity index (χ0n) is 17.9. The first-order chi connectivity index (χ1) is 15.2. The van der Waals surface area contributed by atoms with E-state index in [2.05, 4.69) is 14.9 Å².